The van der Waals surface area contributed by atoms with Crippen LogP contribution in [0.4, 0.5) is 0 Å². The maximum atomic E-state index is 4.70. The zero-order valence-electron chi connectivity index (χ0n) is 10.6. The lowest BCUT2D eigenvalue weighted by molar-refractivity contribution is 0.286. The highest BCUT2D eigenvalue weighted by Crippen LogP contribution is 2.34. The molecule has 0 amide bonds. The van der Waals surface area contributed by atoms with Gasteiger partial charge in [-0.25, -0.2) is 4.98 Å². The molecule has 1 heterocycles. The molecule has 1 aromatic heterocycles. The molecule has 1 unspecified atom stereocenters. The van der Waals surface area contributed by atoms with Gasteiger partial charge in [-0.1, -0.05) is 34.6 Å². The van der Waals surface area contributed by atoms with Crippen LogP contribution in [-0.4, -0.2) is 12.0 Å². The van der Waals surface area contributed by atoms with Crippen LogP contribution in [-0.2, 0) is 0 Å². The third-order valence-electron chi connectivity index (χ3n) is 2.53. The van der Waals surface area contributed by atoms with E-state index in [1.54, 1.807) is 11.3 Å². The van der Waals surface area contributed by atoms with Crippen LogP contribution in [0, 0.1) is 5.41 Å². The summed E-state index contributed by atoms with van der Waals surface area (Å²) in [5, 5.41) is 6.74. The van der Waals surface area contributed by atoms with Gasteiger partial charge in [-0.15, -0.1) is 11.3 Å². The predicted molar refractivity (Wildman–Crippen MR) is 67.5 cm³/mol. The van der Waals surface area contributed by atoms with Crippen LogP contribution < -0.4 is 5.32 Å². The Hall–Kier alpha value is -0.410. The summed E-state index contributed by atoms with van der Waals surface area (Å²) in [6.07, 6.45) is 0. The van der Waals surface area contributed by atoms with E-state index in [2.05, 4.69) is 45.3 Å². The molecule has 0 spiro atoms. The smallest absolute Gasteiger partial charge is 0.110 e. The Labute approximate surface area is 97.1 Å². The molecule has 15 heavy (non-hydrogen) atoms. The van der Waals surface area contributed by atoms with Crippen molar-refractivity contribution in [2.45, 2.75) is 46.6 Å². The van der Waals surface area contributed by atoms with Gasteiger partial charge >= 0.3 is 0 Å². The van der Waals surface area contributed by atoms with Gasteiger partial charge in [0.1, 0.15) is 5.01 Å². The maximum absolute atomic E-state index is 4.70. The molecule has 1 rings (SSSR count). The summed E-state index contributed by atoms with van der Waals surface area (Å²) in [5.74, 6) is 0.521. The van der Waals surface area contributed by atoms with Crippen LogP contribution >= 0.6 is 11.3 Å². The van der Waals surface area contributed by atoms with Crippen molar-refractivity contribution < 1.29 is 0 Å². The maximum Gasteiger partial charge on any atom is 0.110 e. The Bertz CT molecular complexity index is 310. The lowest BCUT2D eigenvalue weighted by atomic mass is 9.87. The first-order chi connectivity index (χ1) is 6.86. The van der Waals surface area contributed by atoms with Crippen molar-refractivity contribution in [3.63, 3.8) is 0 Å². The Kier molecular flexibility index (Phi) is 3.90. The van der Waals surface area contributed by atoms with Gasteiger partial charge in [0.15, 0.2) is 0 Å². The van der Waals surface area contributed by atoms with Gasteiger partial charge < -0.3 is 5.32 Å². The second-order valence-corrected chi connectivity index (χ2v) is 6.24. The second kappa shape index (κ2) is 4.62. The molecule has 0 aliphatic carbocycles. The number of rotatable bonds is 3. The first kappa shape index (κ1) is 12.7. The quantitative estimate of drug-likeness (QED) is 0.852. The zero-order valence-corrected chi connectivity index (χ0v) is 11.4. The van der Waals surface area contributed by atoms with E-state index >= 15 is 0 Å². The summed E-state index contributed by atoms with van der Waals surface area (Å²) in [6, 6.07) is 0.343. The molecule has 1 atom stereocenters. The third kappa shape index (κ3) is 3.02. The van der Waals surface area contributed by atoms with Gasteiger partial charge in [0, 0.05) is 5.38 Å². The van der Waals surface area contributed by atoms with E-state index in [4.69, 9.17) is 4.98 Å². The summed E-state index contributed by atoms with van der Waals surface area (Å²) in [5.41, 5.74) is 1.42. The normalized spacial score (nSPS) is 14.6. The lowest BCUT2D eigenvalue weighted by Gasteiger charge is -2.28. The number of nitrogens with one attached hydrogen (secondary N) is 1. The summed E-state index contributed by atoms with van der Waals surface area (Å²) in [6.45, 7) is 11.1. The number of thiazole rings is 1. The largest absolute Gasteiger partial charge is 0.311 e. The fourth-order valence-corrected chi connectivity index (χ4v) is 2.96. The molecule has 0 aromatic carbocycles. The van der Waals surface area contributed by atoms with Gasteiger partial charge in [0.25, 0.3) is 0 Å². The molecule has 0 fully saturated rings. The van der Waals surface area contributed by atoms with Gasteiger partial charge in [-0.05, 0) is 18.4 Å². The van der Waals surface area contributed by atoms with E-state index in [1.807, 2.05) is 7.05 Å². The van der Waals surface area contributed by atoms with Gasteiger partial charge in [-0.2, -0.15) is 0 Å². The number of nitrogens with zero attached hydrogens (tertiary/aromatic N) is 1. The first-order valence-corrected chi connectivity index (χ1v) is 6.36. The molecular weight excluding hydrogens is 204 g/mol. The van der Waals surface area contributed by atoms with Crippen LogP contribution in [0.5, 0.6) is 0 Å². The fraction of sp³-hybridized carbons (Fsp3) is 0.750. The summed E-state index contributed by atoms with van der Waals surface area (Å²) < 4.78 is 0. The average molecular weight is 226 g/mol. The number of hydrogen-bond donors (Lipinski definition) is 1. The van der Waals surface area contributed by atoms with Crippen molar-refractivity contribution in [1.29, 1.82) is 0 Å². The molecule has 2 nitrogen and oxygen atoms in total. The van der Waals surface area contributed by atoms with Crippen molar-refractivity contribution >= 4 is 11.3 Å². The number of hydrogen-bond acceptors (Lipinski definition) is 3. The molecular formula is C12H22N2S. The minimum atomic E-state index is 0.209. The van der Waals surface area contributed by atoms with Crippen LogP contribution in [0.25, 0.3) is 0 Å². The second-order valence-electron chi connectivity index (χ2n) is 5.35. The molecule has 0 radical (unpaired) electrons. The first-order valence-electron chi connectivity index (χ1n) is 5.49. The highest BCUT2D eigenvalue weighted by molar-refractivity contribution is 7.09. The molecule has 0 saturated heterocycles. The Morgan fingerprint density at radius 2 is 1.93 bits per heavy atom. The average Bonchev–Trinajstić information content (AvgIpc) is 2.51. The molecule has 0 aliphatic rings. The molecule has 86 valence electrons. The molecule has 3 heteroatoms. The Balaban J connectivity index is 2.93. The van der Waals surface area contributed by atoms with E-state index < -0.39 is 0 Å². The SMILES string of the molecule is CNC(c1nc(C(C)C)cs1)C(C)(C)C. The predicted octanol–water partition coefficient (Wildman–Crippen LogP) is 3.57. The molecule has 1 N–H and O–H groups in total. The van der Waals surface area contributed by atoms with Crippen LogP contribution in [0.2, 0.25) is 0 Å². The van der Waals surface area contributed by atoms with Gasteiger partial charge in [0.05, 0.1) is 11.7 Å². The molecule has 0 bridgehead atoms. The van der Waals surface area contributed by atoms with Crippen molar-refractivity contribution in [1.82, 2.24) is 10.3 Å². The van der Waals surface area contributed by atoms with E-state index in [-0.39, 0.29) is 5.41 Å². The zero-order chi connectivity index (χ0) is 11.6. The van der Waals surface area contributed by atoms with E-state index in [0.717, 1.165) is 0 Å². The van der Waals surface area contributed by atoms with Gasteiger partial charge in [0.2, 0.25) is 0 Å². The third-order valence-corrected chi connectivity index (χ3v) is 3.46. The lowest BCUT2D eigenvalue weighted by Crippen LogP contribution is -2.29. The van der Waals surface area contributed by atoms with Gasteiger partial charge in [-0.3, -0.25) is 0 Å². The minimum Gasteiger partial charge on any atom is -0.311 e. The van der Waals surface area contributed by atoms with Crippen LogP contribution in [0.15, 0.2) is 5.38 Å². The molecule has 1 aromatic rings. The van der Waals surface area contributed by atoms with Crippen molar-refractivity contribution in [3.8, 4) is 0 Å². The summed E-state index contributed by atoms with van der Waals surface area (Å²) in [4.78, 5) is 4.70. The standard InChI is InChI=1S/C12H22N2S/c1-8(2)9-7-15-11(14-9)10(13-6)12(3,4)5/h7-8,10,13H,1-6H3. The minimum absolute atomic E-state index is 0.209. The Morgan fingerprint density at radius 1 is 1.33 bits per heavy atom. The Morgan fingerprint density at radius 3 is 2.27 bits per heavy atom. The van der Waals surface area contributed by atoms with Crippen molar-refractivity contribution in [2.75, 3.05) is 7.05 Å². The van der Waals surface area contributed by atoms with Crippen molar-refractivity contribution in [3.05, 3.63) is 16.1 Å². The fourth-order valence-electron chi connectivity index (χ4n) is 1.63. The van der Waals surface area contributed by atoms with E-state index in [1.165, 1.54) is 10.7 Å². The van der Waals surface area contributed by atoms with E-state index in [0.29, 0.717) is 12.0 Å². The van der Waals surface area contributed by atoms with E-state index in [9.17, 15) is 0 Å². The highest BCUT2D eigenvalue weighted by Gasteiger charge is 2.27. The molecule has 0 aliphatic heterocycles. The van der Waals surface area contributed by atoms with Crippen molar-refractivity contribution in [2.24, 2.45) is 5.41 Å². The highest BCUT2D eigenvalue weighted by atomic mass is 32.1. The topological polar surface area (TPSA) is 24.9 Å². The summed E-state index contributed by atoms with van der Waals surface area (Å²) >= 11 is 1.76. The van der Waals surface area contributed by atoms with Crippen LogP contribution in [0.1, 0.15) is 57.3 Å². The molecule has 0 saturated carbocycles. The number of aromatic nitrogens is 1. The van der Waals surface area contributed by atoms with Crippen LogP contribution in [0.3, 0.4) is 0 Å². The summed E-state index contributed by atoms with van der Waals surface area (Å²) in [7, 11) is 2.01. The monoisotopic (exact) mass is 226 g/mol.